The Balaban J connectivity index is 1.67. The van der Waals surface area contributed by atoms with Crippen LogP contribution in [0, 0.1) is 5.92 Å². The first kappa shape index (κ1) is 21.3. The summed E-state index contributed by atoms with van der Waals surface area (Å²) in [7, 11) is 3.22. The Labute approximate surface area is 185 Å². The Morgan fingerprint density at radius 3 is 2.84 bits per heavy atom. The van der Waals surface area contributed by atoms with Crippen molar-refractivity contribution in [1.29, 1.82) is 0 Å². The number of piperidine rings is 1. The maximum Gasteiger partial charge on any atom is 0.233 e. The molecule has 8 nitrogen and oxygen atoms in total. The number of aromatic nitrogens is 3. The number of furan rings is 1. The predicted molar refractivity (Wildman–Crippen MR) is 118 cm³/mol. The summed E-state index contributed by atoms with van der Waals surface area (Å²) in [5.41, 5.74) is 0.708. The van der Waals surface area contributed by atoms with E-state index < -0.39 is 0 Å². The van der Waals surface area contributed by atoms with Gasteiger partial charge < -0.3 is 18.8 Å². The molecule has 3 aromatic rings. The maximum absolute atomic E-state index is 12.8. The van der Waals surface area contributed by atoms with Gasteiger partial charge in [-0.2, -0.15) is 0 Å². The molecule has 1 aliphatic heterocycles. The highest BCUT2D eigenvalue weighted by atomic mass is 32.2. The molecule has 0 N–H and O–H groups in total. The summed E-state index contributed by atoms with van der Waals surface area (Å²) in [5.74, 6) is 3.34. The zero-order valence-corrected chi connectivity index (χ0v) is 18.7. The fraction of sp³-hybridized carbons (Fsp3) is 0.409. The minimum Gasteiger partial charge on any atom is -0.497 e. The first-order valence-electron chi connectivity index (χ1n) is 10.2. The molecular formula is C22H26N4O4S. The molecule has 0 spiro atoms. The van der Waals surface area contributed by atoms with Crippen LogP contribution in [-0.2, 0) is 4.79 Å². The number of amides is 1. The minimum atomic E-state index is 0.114. The first-order chi connectivity index (χ1) is 15.1. The van der Waals surface area contributed by atoms with Gasteiger partial charge in [0.1, 0.15) is 11.5 Å². The van der Waals surface area contributed by atoms with Crippen LogP contribution in [0.15, 0.2) is 46.2 Å². The maximum atomic E-state index is 12.8. The second kappa shape index (κ2) is 9.47. The van der Waals surface area contributed by atoms with Crippen molar-refractivity contribution in [1.82, 2.24) is 19.7 Å². The third-order valence-corrected chi connectivity index (χ3v) is 6.25. The van der Waals surface area contributed by atoms with Gasteiger partial charge in [0, 0.05) is 19.2 Å². The van der Waals surface area contributed by atoms with E-state index in [0.717, 1.165) is 19.5 Å². The van der Waals surface area contributed by atoms with Crippen LogP contribution in [0.1, 0.15) is 19.8 Å². The number of ether oxygens (including phenoxy) is 2. The fourth-order valence-electron chi connectivity index (χ4n) is 3.75. The zero-order valence-electron chi connectivity index (χ0n) is 17.9. The van der Waals surface area contributed by atoms with E-state index >= 15 is 0 Å². The molecule has 164 valence electrons. The highest BCUT2D eigenvalue weighted by Gasteiger charge is 2.24. The van der Waals surface area contributed by atoms with Crippen molar-refractivity contribution in [2.24, 2.45) is 5.92 Å². The van der Waals surface area contributed by atoms with Crippen molar-refractivity contribution in [2.45, 2.75) is 24.9 Å². The molecule has 1 unspecified atom stereocenters. The average Bonchev–Trinajstić information content (AvgIpc) is 3.46. The Bertz CT molecular complexity index is 1030. The number of hydrogen-bond acceptors (Lipinski definition) is 7. The van der Waals surface area contributed by atoms with Gasteiger partial charge in [-0.1, -0.05) is 18.7 Å². The van der Waals surface area contributed by atoms with Crippen LogP contribution in [0.2, 0.25) is 0 Å². The van der Waals surface area contributed by atoms with Crippen LogP contribution in [0.3, 0.4) is 0 Å². The molecule has 1 aliphatic rings. The number of carbonyl (C=O) groups is 1. The molecule has 4 rings (SSSR count). The Kier molecular flexibility index (Phi) is 6.50. The van der Waals surface area contributed by atoms with Crippen molar-refractivity contribution < 1.29 is 18.7 Å². The van der Waals surface area contributed by atoms with Crippen LogP contribution in [0.5, 0.6) is 11.5 Å². The number of benzene rings is 1. The van der Waals surface area contributed by atoms with Gasteiger partial charge in [-0.05, 0) is 43.0 Å². The van der Waals surface area contributed by atoms with Crippen LogP contribution in [-0.4, -0.2) is 58.6 Å². The summed E-state index contributed by atoms with van der Waals surface area (Å²) in [6.07, 6.45) is 3.82. The molecule has 1 atom stereocenters. The number of thioether (sulfide) groups is 1. The summed E-state index contributed by atoms with van der Waals surface area (Å²) in [5, 5.41) is 9.29. The number of rotatable bonds is 7. The molecule has 1 aromatic carbocycles. The molecule has 2 aromatic heterocycles. The second-order valence-electron chi connectivity index (χ2n) is 7.53. The van der Waals surface area contributed by atoms with Gasteiger partial charge in [0.25, 0.3) is 0 Å². The van der Waals surface area contributed by atoms with Gasteiger partial charge in [0.15, 0.2) is 10.9 Å². The lowest BCUT2D eigenvalue weighted by atomic mass is 10.0. The van der Waals surface area contributed by atoms with Crippen molar-refractivity contribution in [3.05, 3.63) is 36.6 Å². The van der Waals surface area contributed by atoms with E-state index in [9.17, 15) is 4.79 Å². The van der Waals surface area contributed by atoms with Crippen molar-refractivity contribution in [3.63, 3.8) is 0 Å². The Morgan fingerprint density at radius 1 is 1.26 bits per heavy atom. The lowest BCUT2D eigenvalue weighted by Crippen LogP contribution is -2.40. The van der Waals surface area contributed by atoms with E-state index in [-0.39, 0.29) is 11.7 Å². The zero-order chi connectivity index (χ0) is 21.8. The normalized spacial score (nSPS) is 16.4. The summed E-state index contributed by atoms with van der Waals surface area (Å²) in [6.45, 7) is 3.82. The highest BCUT2D eigenvalue weighted by molar-refractivity contribution is 7.99. The monoisotopic (exact) mass is 442 g/mol. The molecule has 1 fully saturated rings. The van der Waals surface area contributed by atoms with E-state index in [2.05, 4.69) is 17.1 Å². The topological polar surface area (TPSA) is 82.6 Å². The van der Waals surface area contributed by atoms with E-state index in [1.807, 2.05) is 33.7 Å². The third-order valence-electron chi connectivity index (χ3n) is 5.34. The number of hydrogen-bond donors (Lipinski definition) is 0. The molecule has 31 heavy (non-hydrogen) atoms. The number of nitrogens with zero attached hydrogens (tertiary/aromatic N) is 4. The molecule has 0 radical (unpaired) electrons. The SMILES string of the molecule is COc1ccc(OC)c(-n2c(SCC(=O)N3CCCC(C)C3)nnc2-c2ccco2)c1. The van der Waals surface area contributed by atoms with Crippen LogP contribution >= 0.6 is 11.8 Å². The van der Waals surface area contributed by atoms with Gasteiger partial charge >= 0.3 is 0 Å². The number of methoxy groups -OCH3 is 2. The standard InChI is InChI=1S/C22H26N4O4S/c1-15-6-4-10-25(13-15)20(27)14-31-22-24-23-21(19-7-5-11-30-19)26(22)17-12-16(28-2)8-9-18(17)29-3/h5,7-9,11-12,15H,4,6,10,13-14H2,1-3H3. The summed E-state index contributed by atoms with van der Waals surface area (Å²) < 4.78 is 18.4. The summed E-state index contributed by atoms with van der Waals surface area (Å²) in [6, 6.07) is 9.13. The van der Waals surface area contributed by atoms with Crippen LogP contribution in [0.4, 0.5) is 0 Å². The molecule has 9 heteroatoms. The molecule has 1 amide bonds. The lowest BCUT2D eigenvalue weighted by molar-refractivity contribution is -0.130. The first-order valence-corrected chi connectivity index (χ1v) is 11.2. The van der Waals surface area contributed by atoms with Gasteiger partial charge in [-0.3, -0.25) is 9.36 Å². The van der Waals surface area contributed by atoms with E-state index in [4.69, 9.17) is 13.9 Å². The molecule has 0 aliphatic carbocycles. The number of likely N-dealkylation sites (tertiary alicyclic amines) is 1. The van der Waals surface area contributed by atoms with Gasteiger partial charge in [0.2, 0.25) is 11.7 Å². The van der Waals surface area contributed by atoms with Crippen molar-refractivity contribution in [3.8, 4) is 28.8 Å². The van der Waals surface area contributed by atoms with Crippen LogP contribution in [0.25, 0.3) is 17.3 Å². The van der Waals surface area contributed by atoms with Gasteiger partial charge in [-0.25, -0.2) is 0 Å². The van der Waals surface area contributed by atoms with E-state index in [0.29, 0.717) is 39.8 Å². The largest absolute Gasteiger partial charge is 0.497 e. The molecule has 1 saturated heterocycles. The second-order valence-corrected chi connectivity index (χ2v) is 8.48. The van der Waals surface area contributed by atoms with Crippen molar-refractivity contribution in [2.75, 3.05) is 33.1 Å². The molecule has 3 heterocycles. The Hall–Kier alpha value is -2.94. The Morgan fingerprint density at radius 2 is 2.13 bits per heavy atom. The lowest BCUT2D eigenvalue weighted by Gasteiger charge is -2.30. The van der Waals surface area contributed by atoms with E-state index in [1.54, 1.807) is 26.5 Å². The summed E-state index contributed by atoms with van der Waals surface area (Å²) >= 11 is 1.36. The predicted octanol–water partition coefficient (Wildman–Crippen LogP) is 3.90. The molecular weight excluding hydrogens is 416 g/mol. The number of carbonyl (C=O) groups excluding carboxylic acids is 1. The fourth-order valence-corrected chi connectivity index (χ4v) is 4.60. The molecule has 0 saturated carbocycles. The summed E-state index contributed by atoms with van der Waals surface area (Å²) in [4.78, 5) is 14.8. The van der Waals surface area contributed by atoms with Gasteiger partial charge in [0.05, 0.1) is 31.9 Å². The minimum absolute atomic E-state index is 0.114. The molecule has 0 bridgehead atoms. The van der Waals surface area contributed by atoms with Crippen LogP contribution < -0.4 is 9.47 Å². The van der Waals surface area contributed by atoms with Gasteiger partial charge in [-0.15, -0.1) is 10.2 Å². The smallest absolute Gasteiger partial charge is 0.233 e. The highest BCUT2D eigenvalue weighted by Crippen LogP contribution is 2.35. The third kappa shape index (κ3) is 4.56. The average molecular weight is 443 g/mol. The van der Waals surface area contributed by atoms with E-state index in [1.165, 1.54) is 18.2 Å². The van der Waals surface area contributed by atoms with Crippen molar-refractivity contribution >= 4 is 17.7 Å². The quantitative estimate of drug-likeness (QED) is 0.513.